The van der Waals surface area contributed by atoms with E-state index in [1.807, 2.05) is 5.32 Å². The van der Waals surface area contributed by atoms with Gasteiger partial charge in [-0.15, -0.1) is 0 Å². The first-order valence-corrected chi connectivity index (χ1v) is 3.87. The summed E-state index contributed by atoms with van der Waals surface area (Å²) < 4.78 is 37.1. The second-order valence-electron chi connectivity index (χ2n) is 2.58. The number of pyridine rings is 1. The quantitative estimate of drug-likeness (QED) is 0.724. The van der Waals surface area contributed by atoms with E-state index in [4.69, 9.17) is 5.11 Å². The lowest BCUT2D eigenvalue weighted by Crippen LogP contribution is -2.27. The van der Waals surface area contributed by atoms with Crippen molar-refractivity contribution in [2.75, 3.05) is 6.73 Å². The number of nitrogens with one attached hydrogen (secondary N) is 1. The highest BCUT2D eigenvalue weighted by atomic mass is 19.4. The molecule has 0 unspecified atom stereocenters. The predicted octanol–water partition coefficient (Wildman–Crippen LogP) is 0.780. The highest BCUT2D eigenvalue weighted by molar-refractivity contribution is 5.95. The summed E-state index contributed by atoms with van der Waals surface area (Å²) in [5.41, 5.74) is -1.69. The maximum Gasteiger partial charge on any atom is 0.417 e. The molecule has 0 aliphatic carbocycles. The number of hydrogen-bond acceptors (Lipinski definition) is 3. The largest absolute Gasteiger partial charge is 0.417 e. The Morgan fingerprint density at radius 2 is 2.20 bits per heavy atom. The minimum atomic E-state index is -4.62. The SMILES string of the molecule is O=C(NCO)c1cnccc1C(F)(F)F. The lowest BCUT2D eigenvalue weighted by Gasteiger charge is -2.10. The summed E-state index contributed by atoms with van der Waals surface area (Å²) in [6.45, 7) is -0.731. The molecule has 1 aromatic rings. The molecule has 15 heavy (non-hydrogen) atoms. The Morgan fingerprint density at radius 3 is 2.73 bits per heavy atom. The molecule has 82 valence electrons. The molecule has 4 nitrogen and oxygen atoms in total. The van der Waals surface area contributed by atoms with Crippen LogP contribution in [0.15, 0.2) is 18.5 Å². The zero-order valence-corrected chi connectivity index (χ0v) is 7.38. The fraction of sp³-hybridized carbons (Fsp3) is 0.250. The van der Waals surface area contributed by atoms with Crippen LogP contribution in [0.5, 0.6) is 0 Å². The molecule has 1 amide bonds. The number of carbonyl (C=O) groups is 1. The summed E-state index contributed by atoms with van der Waals surface area (Å²) in [5, 5.41) is 10.2. The smallest absolute Gasteiger partial charge is 0.376 e. The van der Waals surface area contributed by atoms with Gasteiger partial charge in [0.1, 0.15) is 6.73 Å². The number of nitrogens with zero attached hydrogens (tertiary/aromatic N) is 1. The van der Waals surface area contributed by atoms with Gasteiger partial charge in [0, 0.05) is 12.4 Å². The van der Waals surface area contributed by atoms with Gasteiger partial charge in [-0.25, -0.2) is 0 Å². The van der Waals surface area contributed by atoms with Crippen LogP contribution in [0.3, 0.4) is 0 Å². The fourth-order valence-electron chi connectivity index (χ4n) is 0.990. The summed E-state index contributed by atoms with van der Waals surface area (Å²) in [6, 6.07) is 0.701. The van der Waals surface area contributed by atoms with E-state index in [9.17, 15) is 18.0 Å². The van der Waals surface area contributed by atoms with Gasteiger partial charge in [-0.2, -0.15) is 13.2 Å². The predicted molar refractivity (Wildman–Crippen MR) is 43.8 cm³/mol. The Hall–Kier alpha value is -1.63. The molecule has 1 aromatic heterocycles. The maximum atomic E-state index is 12.4. The molecule has 0 aliphatic heterocycles. The molecular weight excluding hydrogens is 213 g/mol. The van der Waals surface area contributed by atoms with E-state index in [0.29, 0.717) is 6.07 Å². The summed E-state index contributed by atoms with van der Waals surface area (Å²) in [6.07, 6.45) is -2.88. The highest BCUT2D eigenvalue weighted by Gasteiger charge is 2.35. The van der Waals surface area contributed by atoms with Crippen molar-refractivity contribution in [3.05, 3.63) is 29.6 Å². The van der Waals surface area contributed by atoms with Crippen molar-refractivity contribution in [1.29, 1.82) is 0 Å². The number of rotatable bonds is 2. The number of aromatic nitrogens is 1. The second-order valence-corrected chi connectivity index (χ2v) is 2.58. The van der Waals surface area contributed by atoms with E-state index in [-0.39, 0.29) is 0 Å². The summed E-state index contributed by atoms with van der Waals surface area (Å²) >= 11 is 0. The van der Waals surface area contributed by atoms with Crippen molar-refractivity contribution in [3.63, 3.8) is 0 Å². The molecule has 0 fully saturated rings. The molecule has 2 N–H and O–H groups in total. The van der Waals surface area contributed by atoms with Crippen LogP contribution in [0, 0.1) is 0 Å². The van der Waals surface area contributed by atoms with Crippen molar-refractivity contribution in [2.24, 2.45) is 0 Å². The van der Waals surface area contributed by atoms with Crippen LogP contribution in [-0.2, 0) is 6.18 Å². The van der Waals surface area contributed by atoms with E-state index in [2.05, 4.69) is 4.98 Å². The number of halogens is 3. The topological polar surface area (TPSA) is 62.2 Å². The van der Waals surface area contributed by atoms with Gasteiger partial charge in [-0.05, 0) is 6.07 Å². The Kier molecular flexibility index (Phi) is 3.25. The van der Waals surface area contributed by atoms with Crippen molar-refractivity contribution >= 4 is 5.91 Å². The third kappa shape index (κ3) is 2.66. The van der Waals surface area contributed by atoms with Crippen LogP contribution >= 0.6 is 0 Å². The molecule has 0 saturated heterocycles. The van der Waals surface area contributed by atoms with E-state index in [0.717, 1.165) is 12.4 Å². The molecule has 0 aromatic carbocycles. The van der Waals surface area contributed by atoms with Crippen molar-refractivity contribution < 1.29 is 23.1 Å². The highest BCUT2D eigenvalue weighted by Crippen LogP contribution is 2.31. The number of amides is 1. The van der Waals surface area contributed by atoms with E-state index in [1.54, 1.807) is 0 Å². The zero-order valence-electron chi connectivity index (χ0n) is 7.38. The van der Waals surface area contributed by atoms with Crippen LogP contribution in [0.25, 0.3) is 0 Å². The number of carbonyl (C=O) groups excluding carboxylic acids is 1. The van der Waals surface area contributed by atoms with Gasteiger partial charge < -0.3 is 10.4 Å². The van der Waals surface area contributed by atoms with Gasteiger partial charge in [-0.3, -0.25) is 9.78 Å². The van der Waals surface area contributed by atoms with Crippen LogP contribution in [0.2, 0.25) is 0 Å². The van der Waals surface area contributed by atoms with Gasteiger partial charge in [0.05, 0.1) is 11.1 Å². The minimum Gasteiger partial charge on any atom is -0.376 e. The average Bonchev–Trinajstić information content (AvgIpc) is 2.17. The first-order chi connectivity index (χ1) is 6.96. The van der Waals surface area contributed by atoms with Crippen LogP contribution in [0.4, 0.5) is 13.2 Å². The van der Waals surface area contributed by atoms with Gasteiger partial charge in [0.25, 0.3) is 5.91 Å². The molecule has 0 bridgehead atoms. The zero-order chi connectivity index (χ0) is 11.5. The summed E-state index contributed by atoms with van der Waals surface area (Å²) in [5.74, 6) is -1.02. The molecule has 0 aliphatic rings. The average molecular weight is 220 g/mol. The van der Waals surface area contributed by atoms with Crippen LogP contribution in [0.1, 0.15) is 15.9 Å². The number of aliphatic hydroxyl groups excluding tert-OH is 1. The molecule has 7 heteroatoms. The lowest BCUT2D eigenvalue weighted by atomic mass is 10.1. The van der Waals surface area contributed by atoms with Gasteiger partial charge >= 0.3 is 6.18 Å². The summed E-state index contributed by atoms with van der Waals surface area (Å²) in [4.78, 5) is 14.5. The summed E-state index contributed by atoms with van der Waals surface area (Å²) in [7, 11) is 0. The molecule has 1 rings (SSSR count). The van der Waals surface area contributed by atoms with E-state index >= 15 is 0 Å². The Labute approximate surface area is 82.7 Å². The molecule has 1 heterocycles. The first kappa shape index (κ1) is 11.4. The second kappa shape index (κ2) is 4.26. The third-order valence-electron chi connectivity index (χ3n) is 1.61. The molecule has 0 spiro atoms. The number of alkyl halides is 3. The van der Waals surface area contributed by atoms with Gasteiger partial charge in [-0.1, -0.05) is 0 Å². The standard InChI is InChI=1S/C8H7F3N2O2/c9-8(10,11)6-1-2-12-3-5(6)7(15)13-4-14/h1-3,14H,4H2,(H,13,15). The van der Waals surface area contributed by atoms with Gasteiger partial charge in [0.15, 0.2) is 0 Å². The molecular formula is C8H7F3N2O2. The van der Waals surface area contributed by atoms with Crippen LogP contribution in [-0.4, -0.2) is 22.7 Å². The Morgan fingerprint density at radius 1 is 1.53 bits per heavy atom. The van der Waals surface area contributed by atoms with Gasteiger partial charge in [0.2, 0.25) is 0 Å². The minimum absolute atomic E-state index is 0.612. The first-order valence-electron chi connectivity index (χ1n) is 3.87. The fourth-order valence-corrected chi connectivity index (χ4v) is 0.990. The molecule has 0 atom stereocenters. The number of aliphatic hydroxyl groups is 1. The van der Waals surface area contributed by atoms with Crippen molar-refractivity contribution in [1.82, 2.24) is 10.3 Å². The lowest BCUT2D eigenvalue weighted by molar-refractivity contribution is -0.138. The Bertz CT molecular complexity index is 365. The van der Waals surface area contributed by atoms with E-state index in [1.165, 1.54) is 0 Å². The van der Waals surface area contributed by atoms with Crippen molar-refractivity contribution in [2.45, 2.75) is 6.18 Å². The normalized spacial score (nSPS) is 11.2. The van der Waals surface area contributed by atoms with Crippen molar-refractivity contribution in [3.8, 4) is 0 Å². The number of hydrogen-bond donors (Lipinski definition) is 2. The molecule has 0 saturated carbocycles. The van der Waals surface area contributed by atoms with Crippen LogP contribution < -0.4 is 5.32 Å². The monoisotopic (exact) mass is 220 g/mol. The molecule has 0 radical (unpaired) electrons. The third-order valence-corrected chi connectivity index (χ3v) is 1.61. The van der Waals surface area contributed by atoms with E-state index < -0.39 is 29.9 Å². The maximum absolute atomic E-state index is 12.4. The Balaban J connectivity index is 3.12.